The van der Waals surface area contributed by atoms with Gasteiger partial charge in [0.05, 0.1) is 16.4 Å². The third-order valence-corrected chi connectivity index (χ3v) is 3.69. The summed E-state index contributed by atoms with van der Waals surface area (Å²) in [7, 11) is 0. The quantitative estimate of drug-likeness (QED) is 0.884. The van der Waals surface area contributed by atoms with Gasteiger partial charge in [0.2, 0.25) is 0 Å². The zero-order valence-electron chi connectivity index (χ0n) is 10.1. The van der Waals surface area contributed by atoms with Crippen LogP contribution in [-0.2, 0) is 0 Å². The van der Waals surface area contributed by atoms with Crippen molar-refractivity contribution in [2.24, 2.45) is 0 Å². The molecule has 2 rings (SSSR count). The highest BCUT2D eigenvalue weighted by atomic mass is 79.9. The molecule has 0 fully saturated rings. The molecule has 0 radical (unpaired) electrons. The van der Waals surface area contributed by atoms with Crippen LogP contribution in [0, 0.1) is 19.7 Å². The number of halogens is 2. The zero-order chi connectivity index (χ0) is 13.3. The van der Waals surface area contributed by atoms with Crippen LogP contribution < -0.4 is 11.1 Å². The number of aryl methyl sites for hydroxylation is 1. The van der Waals surface area contributed by atoms with E-state index in [4.69, 9.17) is 5.73 Å². The van der Waals surface area contributed by atoms with Crippen LogP contribution in [0.1, 0.15) is 11.1 Å². The third-order valence-electron chi connectivity index (χ3n) is 2.72. The average molecular weight is 310 g/mol. The van der Waals surface area contributed by atoms with E-state index in [9.17, 15) is 4.39 Å². The molecule has 1 aromatic carbocycles. The van der Waals surface area contributed by atoms with E-state index >= 15 is 0 Å². The summed E-state index contributed by atoms with van der Waals surface area (Å²) < 4.78 is 14.0. The minimum Gasteiger partial charge on any atom is -0.397 e. The Morgan fingerprint density at radius 3 is 2.72 bits per heavy atom. The summed E-state index contributed by atoms with van der Waals surface area (Å²) in [6, 6.07) is 4.83. The van der Waals surface area contributed by atoms with Crippen LogP contribution in [0.3, 0.4) is 0 Å². The fraction of sp³-hybridized carbons (Fsp3) is 0.154. The highest BCUT2D eigenvalue weighted by Gasteiger charge is 2.08. The second-order valence-electron chi connectivity index (χ2n) is 4.09. The molecule has 94 valence electrons. The second-order valence-corrected chi connectivity index (χ2v) is 4.88. The lowest BCUT2D eigenvalue weighted by Crippen LogP contribution is -2.00. The molecule has 3 nitrogen and oxygen atoms in total. The summed E-state index contributed by atoms with van der Waals surface area (Å²) in [4.78, 5) is 4.21. The molecule has 0 spiro atoms. The van der Waals surface area contributed by atoms with Crippen LogP contribution in [0.4, 0.5) is 21.6 Å². The van der Waals surface area contributed by atoms with E-state index in [1.165, 1.54) is 6.07 Å². The van der Waals surface area contributed by atoms with Gasteiger partial charge >= 0.3 is 0 Å². The maximum Gasteiger partial charge on any atom is 0.145 e. The van der Waals surface area contributed by atoms with Crippen LogP contribution in [0.25, 0.3) is 0 Å². The first-order valence-corrected chi connectivity index (χ1v) is 6.22. The molecule has 0 aliphatic heterocycles. The maximum atomic E-state index is 13.2. The number of nitrogens with one attached hydrogen (secondary N) is 1. The molecule has 0 aliphatic carbocycles. The van der Waals surface area contributed by atoms with Crippen LogP contribution in [0.2, 0.25) is 0 Å². The normalized spacial score (nSPS) is 10.4. The molecule has 1 heterocycles. The molecule has 0 saturated carbocycles. The first-order chi connectivity index (χ1) is 8.49. The van der Waals surface area contributed by atoms with Crippen molar-refractivity contribution in [2.45, 2.75) is 13.8 Å². The Morgan fingerprint density at radius 1 is 1.33 bits per heavy atom. The largest absolute Gasteiger partial charge is 0.397 e. The van der Waals surface area contributed by atoms with Gasteiger partial charge in [0.15, 0.2) is 0 Å². The Balaban J connectivity index is 2.34. The van der Waals surface area contributed by atoms with Gasteiger partial charge in [0, 0.05) is 5.69 Å². The Bertz CT molecular complexity index is 599. The number of benzene rings is 1. The number of pyridine rings is 1. The first kappa shape index (κ1) is 12.8. The van der Waals surface area contributed by atoms with E-state index in [1.54, 1.807) is 25.3 Å². The SMILES string of the molecule is Cc1cc(Nc2ncc(N)c(C)c2Br)ccc1F. The van der Waals surface area contributed by atoms with Crippen molar-refractivity contribution in [3.05, 3.63) is 45.8 Å². The number of aromatic nitrogens is 1. The molecule has 0 unspecified atom stereocenters. The Morgan fingerprint density at radius 2 is 2.06 bits per heavy atom. The van der Waals surface area contributed by atoms with Gasteiger partial charge in [-0.1, -0.05) is 0 Å². The number of nitrogens with two attached hydrogens (primary N) is 1. The minimum atomic E-state index is -0.221. The summed E-state index contributed by atoms with van der Waals surface area (Å²) in [6.07, 6.45) is 1.60. The van der Waals surface area contributed by atoms with Gasteiger partial charge in [-0.2, -0.15) is 0 Å². The number of nitrogens with zero attached hydrogens (tertiary/aromatic N) is 1. The van der Waals surface area contributed by atoms with Crippen molar-refractivity contribution >= 4 is 33.1 Å². The summed E-state index contributed by atoms with van der Waals surface area (Å²) in [5, 5.41) is 3.13. The van der Waals surface area contributed by atoms with Gasteiger partial charge < -0.3 is 11.1 Å². The van der Waals surface area contributed by atoms with Gasteiger partial charge in [0.1, 0.15) is 11.6 Å². The van der Waals surface area contributed by atoms with Crippen LogP contribution >= 0.6 is 15.9 Å². The topological polar surface area (TPSA) is 50.9 Å². The van der Waals surface area contributed by atoms with E-state index in [2.05, 4.69) is 26.2 Å². The number of rotatable bonds is 2. The second kappa shape index (κ2) is 4.94. The number of anilines is 3. The van der Waals surface area contributed by atoms with E-state index < -0.39 is 0 Å². The number of hydrogen-bond donors (Lipinski definition) is 2. The summed E-state index contributed by atoms with van der Waals surface area (Å²) in [5.41, 5.74) is 8.68. The van der Waals surface area contributed by atoms with E-state index in [1.807, 2.05) is 6.92 Å². The molecule has 1 aromatic heterocycles. The zero-order valence-corrected chi connectivity index (χ0v) is 11.7. The summed E-state index contributed by atoms with van der Waals surface area (Å²) >= 11 is 3.44. The molecule has 5 heteroatoms. The van der Waals surface area contributed by atoms with Crippen molar-refractivity contribution in [3.8, 4) is 0 Å². The van der Waals surface area contributed by atoms with Crippen molar-refractivity contribution in [3.63, 3.8) is 0 Å². The first-order valence-electron chi connectivity index (χ1n) is 5.43. The van der Waals surface area contributed by atoms with Gasteiger partial charge in [-0.15, -0.1) is 0 Å². The van der Waals surface area contributed by atoms with Gasteiger partial charge in [-0.3, -0.25) is 0 Å². The molecular weight excluding hydrogens is 297 g/mol. The third kappa shape index (κ3) is 2.46. The Hall–Kier alpha value is -1.62. The highest BCUT2D eigenvalue weighted by Crippen LogP contribution is 2.30. The van der Waals surface area contributed by atoms with Gasteiger partial charge in [0.25, 0.3) is 0 Å². The van der Waals surface area contributed by atoms with Crippen molar-refractivity contribution < 1.29 is 4.39 Å². The molecule has 0 amide bonds. The van der Waals surface area contributed by atoms with E-state index in [0.29, 0.717) is 17.1 Å². The van der Waals surface area contributed by atoms with Crippen molar-refractivity contribution in [2.75, 3.05) is 11.1 Å². The molecule has 3 N–H and O–H groups in total. The lowest BCUT2D eigenvalue weighted by atomic mass is 10.2. The minimum absolute atomic E-state index is 0.221. The maximum absolute atomic E-state index is 13.2. The van der Waals surface area contributed by atoms with Gasteiger partial charge in [-0.25, -0.2) is 9.37 Å². The summed E-state index contributed by atoms with van der Waals surface area (Å²) in [6.45, 7) is 3.62. The molecule has 18 heavy (non-hydrogen) atoms. The van der Waals surface area contributed by atoms with E-state index in [-0.39, 0.29) is 5.82 Å². The molecule has 2 aromatic rings. The van der Waals surface area contributed by atoms with Crippen molar-refractivity contribution in [1.82, 2.24) is 4.98 Å². The molecule has 0 aliphatic rings. The smallest absolute Gasteiger partial charge is 0.145 e. The predicted octanol–water partition coefficient (Wildman–Crippen LogP) is 3.93. The number of nitrogen functional groups attached to an aromatic ring is 1. The van der Waals surface area contributed by atoms with Crippen LogP contribution in [0.15, 0.2) is 28.9 Å². The monoisotopic (exact) mass is 309 g/mol. The molecular formula is C13H13BrFN3. The lowest BCUT2D eigenvalue weighted by Gasteiger charge is -2.11. The number of hydrogen-bond acceptors (Lipinski definition) is 3. The fourth-order valence-corrected chi connectivity index (χ4v) is 1.97. The highest BCUT2D eigenvalue weighted by molar-refractivity contribution is 9.10. The van der Waals surface area contributed by atoms with Crippen molar-refractivity contribution in [1.29, 1.82) is 0 Å². The standard InChI is InChI=1S/C13H13BrFN3/c1-7-5-9(3-4-10(7)15)18-13-12(14)8(2)11(16)6-17-13/h3-6H,16H2,1-2H3,(H,17,18). The van der Waals surface area contributed by atoms with Crippen LogP contribution in [0.5, 0.6) is 0 Å². The van der Waals surface area contributed by atoms with E-state index in [0.717, 1.165) is 15.7 Å². The average Bonchev–Trinajstić information content (AvgIpc) is 2.34. The fourth-order valence-electron chi connectivity index (χ4n) is 1.54. The predicted molar refractivity (Wildman–Crippen MR) is 75.5 cm³/mol. The summed E-state index contributed by atoms with van der Waals surface area (Å²) in [5.74, 6) is 0.439. The Kier molecular flexibility index (Phi) is 3.52. The van der Waals surface area contributed by atoms with Crippen LogP contribution in [-0.4, -0.2) is 4.98 Å². The molecule has 0 saturated heterocycles. The Labute approximate surface area is 113 Å². The molecule has 0 atom stereocenters. The molecule has 0 bridgehead atoms. The lowest BCUT2D eigenvalue weighted by molar-refractivity contribution is 0.619. The van der Waals surface area contributed by atoms with Gasteiger partial charge in [-0.05, 0) is 59.1 Å².